The third-order valence-corrected chi connectivity index (χ3v) is 6.01. The van der Waals surface area contributed by atoms with Crippen molar-refractivity contribution in [2.45, 2.75) is 64.7 Å². The van der Waals surface area contributed by atoms with Crippen LogP contribution in [0.4, 0.5) is 0 Å². The maximum absolute atomic E-state index is 5.65. The molecule has 0 radical (unpaired) electrons. The van der Waals surface area contributed by atoms with Gasteiger partial charge in [0.1, 0.15) is 0 Å². The fourth-order valence-electron chi connectivity index (χ4n) is 4.55. The van der Waals surface area contributed by atoms with Crippen LogP contribution in [0.25, 0.3) is 0 Å². The number of guanidine groups is 1. The molecule has 3 fully saturated rings. The number of likely N-dealkylation sites (tertiary alicyclic amines) is 1. The van der Waals surface area contributed by atoms with E-state index in [-0.39, 0.29) is 24.0 Å². The lowest BCUT2D eigenvalue weighted by Crippen LogP contribution is -2.41. The Kier molecular flexibility index (Phi) is 8.61. The van der Waals surface area contributed by atoms with E-state index >= 15 is 0 Å². The fourth-order valence-corrected chi connectivity index (χ4v) is 4.55. The lowest BCUT2D eigenvalue weighted by atomic mass is 9.86. The summed E-state index contributed by atoms with van der Waals surface area (Å²) in [5, 5.41) is 3.50. The zero-order valence-corrected chi connectivity index (χ0v) is 17.7. The van der Waals surface area contributed by atoms with Crippen LogP contribution in [0.2, 0.25) is 0 Å². The van der Waals surface area contributed by atoms with E-state index < -0.39 is 0 Å². The van der Waals surface area contributed by atoms with Crippen LogP contribution >= 0.6 is 24.0 Å². The minimum absolute atomic E-state index is 0. The number of halogens is 1. The maximum Gasteiger partial charge on any atom is 0.193 e. The Bertz CT molecular complexity index is 390. The summed E-state index contributed by atoms with van der Waals surface area (Å²) < 4.78 is 5.65. The minimum atomic E-state index is 0. The van der Waals surface area contributed by atoms with Gasteiger partial charge in [0.25, 0.3) is 0 Å². The van der Waals surface area contributed by atoms with E-state index in [0.29, 0.717) is 5.41 Å². The first-order valence-electron chi connectivity index (χ1n) is 9.92. The number of hydrogen-bond acceptors (Lipinski definition) is 2. The predicted molar refractivity (Wildman–Crippen MR) is 111 cm³/mol. The van der Waals surface area contributed by atoms with Crippen molar-refractivity contribution in [2.24, 2.45) is 16.3 Å². The van der Waals surface area contributed by atoms with Crippen LogP contribution < -0.4 is 5.32 Å². The van der Waals surface area contributed by atoms with Gasteiger partial charge in [0.05, 0.1) is 6.61 Å². The minimum Gasteiger partial charge on any atom is -0.381 e. The topological polar surface area (TPSA) is 36.9 Å². The summed E-state index contributed by atoms with van der Waals surface area (Å²) in [7, 11) is 0. The van der Waals surface area contributed by atoms with E-state index in [9.17, 15) is 0 Å². The Morgan fingerprint density at radius 1 is 1.25 bits per heavy atom. The number of nitrogens with one attached hydrogen (secondary N) is 1. The van der Waals surface area contributed by atoms with E-state index in [1.807, 2.05) is 0 Å². The molecular weight excluding hydrogens is 413 g/mol. The van der Waals surface area contributed by atoms with E-state index in [0.717, 1.165) is 51.3 Å². The molecule has 1 spiro atoms. The summed E-state index contributed by atoms with van der Waals surface area (Å²) in [4.78, 5) is 7.40. The van der Waals surface area contributed by atoms with Crippen LogP contribution in [0.3, 0.4) is 0 Å². The standard InChI is InChI=1S/C19H35N3O.HI/c1-2-20-18(21-12-6-9-17-7-4-3-5-8-17)22-13-10-19(15-22)11-14-23-16-19;/h17H,2-16H2,1H3,(H,20,21);1H. The summed E-state index contributed by atoms with van der Waals surface area (Å²) >= 11 is 0. The largest absolute Gasteiger partial charge is 0.381 e. The van der Waals surface area contributed by atoms with Gasteiger partial charge in [-0.25, -0.2) is 0 Å². The molecule has 4 nitrogen and oxygen atoms in total. The smallest absolute Gasteiger partial charge is 0.193 e. The molecule has 2 heterocycles. The van der Waals surface area contributed by atoms with Crippen molar-refractivity contribution >= 4 is 29.9 Å². The van der Waals surface area contributed by atoms with Crippen LogP contribution in [0.1, 0.15) is 64.7 Å². The van der Waals surface area contributed by atoms with Gasteiger partial charge < -0.3 is 15.0 Å². The summed E-state index contributed by atoms with van der Waals surface area (Å²) in [6.07, 6.45) is 12.4. The molecule has 0 bridgehead atoms. The van der Waals surface area contributed by atoms with Gasteiger partial charge in [0.15, 0.2) is 5.96 Å². The highest BCUT2D eigenvalue weighted by atomic mass is 127. The van der Waals surface area contributed by atoms with Gasteiger partial charge >= 0.3 is 0 Å². The van der Waals surface area contributed by atoms with Gasteiger partial charge in [0.2, 0.25) is 0 Å². The summed E-state index contributed by atoms with van der Waals surface area (Å²) in [6, 6.07) is 0. The number of aliphatic imine (C=N–C) groups is 1. The highest BCUT2D eigenvalue weighted by molar-refractivity contribution is 14.0. The van der Waals surface area contributed by atoms with Gasteiger partial charge in [-0.3, -0.25) is 4.99 Å². The molecule has 5 heteroatoms. The van der Waals surface area contributed by atoms with E-state index in [4.69, 9.17) is 9.73 Å². The maximum atomic E-state index is 5.65. The summed E-state index contributed by atoms with van der Waals surface area (Å²) in [5.41, 5.74) is 0.415. The molecule has 3 rings (SSSR count). The second-order valence-corrected chi connectivity index (χ2v) is 7.86. The van der Waals surface area contributed by atoms with Crippen molar-refractivity contribution in [3.05, 3.63) is 0 Å². The van der Waals surface area contributed by atoms with Crippen molar-refractivity contribution < 1.29 is 4.74 Å². The lowest BCUT2D eigenvalue weighted by Gasteiger charge is -2.25. The third kappa shape index (κ3) is 5.48. The average molecular weight is 449 g/mol. The number of rotatable bonds is 5. The van der Waals surface area contributed by atoms with Gasteiger partial charge in [-0.2, -0.15) is 0 Å². The number of ether oxygens (including phenoxy) is 1. The zero-order valence-electron chi connectivity index (χ0n) is 15.4. The number of hydrogen-bond donors (Lipinski definition) is 1. The van der Waals surface area contributed by atoms with Gasteiger partial charge in [-0.05, 0) is 38.5 Å². The predicted octanol–water partition coefficient (Wildman–Crippen LogP) is 4.04. The fraction of sp³-hybridized carbons (Fsp3) is 0.947. The van der Waals surface area contributed by atoms with E-state index in [1.165, 1.54) is 57.8 Å². The first-order chi connectivity index (χ1) is 11.3. The molecule has 3 aliphatic rings. The first kappa shape index (κ1) is 20.3. The quantitative estimate of drug-likeness (QED) is 0.298. The molecule has 1 saturated carbocycles. The molecule has 1 atom stereocenters. The molecule has 0 aromatic heterocycles. The molecule has 1 N–H and O–H groups in total. The first-order valence-corrected chi connectivity index (χ1v) is 9.92. The van der Waals surface area contributed by atoms with E-state index in [1.54, 1.807) is 0 Å². The van der Waals surface area contributed by atoms with Gasteiger partial charge in [-0.1, -0.05) is 32.1 Å². The number of nitrogens with zero attached hydrogens (tertiary/aromatic N) is 2. The summed E-state index contributed by atoms with van der Waals surface area (Å²) in [5.74, 6) is 2.12. The van der Waals surface area contributed by atoms with Crippen molar-refractivity contribution in [3.63, 3.8) is 0 Å². The SMILES string of the molecule is CCNC(=NCCCC1CCCCC1)N1CCC2(CCOC2)C1.I. The van der Waals surface area contributed by atoms with Crippen molar-refractivity contribution in [3.8, 4) is 0 Å². The molecule has 1 unspecified atom stereocenters. The molecule has 2 saturated heterocycles. The Morgan fingerprint density at radius 2 is 2.08 bits per heavy atom. The molecule has 0 amide bonds. The third-order valence-electron chi connectivity index (χ3n) is 6.01. The molecule has 1 aliphatic carbocycles. The highest BCUT2D eigenvalue weighted by Gasteiger charge is 2.42. The van der Waals surface area contributed by atoms with Crippen molar-refractivity contribution in [2.75, 3.05) is 39.4 Å². The van der Waals surface area contributed by atoms with Crippen LogP contribution in [-0.2, 0) is 4.74 Å². The molecule has 140 valence electrons. The van der Waals surface area contributed by atoms with Gasteiger partial charge in [0, 0.05) is 38.2 Å². The Balaban J connectivity index is 0.00000208. The zero-order chi connectivity index (χ0) is 16.0. The molecule has 24 heavy (non-hydrogen) atoms. The Morgan fingerprint density at radius 3 is 2.79 bits per heavy atom. The van der Waals surface area contributed by atoms with Crippen molar-refractivity contribution in [1.29, 1.82) is 0 Å². The average Bonchev–Trinajstić information content (AvgIpc) is 3.22. The molecule has 0 aromatic carbocycles. The second kappa shape index (κ2) is 10.2. The van der Waals surface area contributed by atoms with Crippen molar-refractivity contribution in [1.82, 2.24) is 10.2 Å². The lowest BCUT2D eigenvalue weighted by molar-refractivity contribution is 0.156. The normalized spacial score (nSPS) is 28.4. The molecular formula is C19H36IN3O. The molecule has 2 aliphatic heterocycles. The second-order valence-electron chi connectivity index (χ2n) is 7.86. The molecule has 0 aromatic rings. The Labute approximate surface area is 165 Å². The van der Waals surface area contributed by atoms with E-state index in [2.05, 4.69) is 17.1 Å². The van der Waals surface area contributed by atoms with Crippen LogP contribution in [0.15, 0.2) is 4.99 Å². The Hall–Kier alpha value is -0.0400. The highest BCUT2D eigenvalue weighted by Crippen LogP contribution is 2.38. The summed E-state index contributed by atoms with van der Waals surface area (Å²) in [6.45, 7) is 8.27. The monoisotopic (exact) mass is 449 g/mol. The van der Waals surface area contributed by atoms with Crippen LogP contribution in [-0.4, -0.2) is 50.3 Å². The van der Waals surface area contributed by atoms with Crippen LogP contribution in [0.5, 0.6) is 0 Å². The van der Waals surface area contributed by atoms with Crippen LogP contribution in [0, 0.1) is 11.3 Å². The van der Waals surface area contributed by atoms with Gasteiger partial charge in [-0.15, -0.1) is 24.0 Å².